The Labute approximate surface area is 364 Å². The van der Waals surface area contributed by atoms with E-state index >= 15 is 0 Å². The second kappa shape index (κ2) is 12.9. The van der Waals surface area contributed by atoms with Crippen molar-refractivity contribution >= 4 is 71.3 Å². The Balaban J connectivity index is 1.08. The molecule has 1 aromatic heterocycles. The van der Waals surface area contributed by atoms with Gasteiger partial charge in [-0.15, -0.1) is 0 Å². The molecule has 0 fully saturated rings. The zero-order valence-electron chi connectivity index (χ0n) is 34.2. The van der Waals surface area contributed by atoms with Gasteiger partial charge in [0.05, 0.1) is 11.1 Å². The summed E-state index contributed by atoms with van der Waals surface area (Å²) in [5.41, 5.74) is 17.3. The van der Waals surface area contributed by atoms with Gasteiger partial charge < -0.3 is 9.32 Å². The number of furan rings is 1. The summed E-state index contributed by atoms with van der Waals surface area (Å²) in [7, 11) is 0. The number of fused-ring (bicyclic) bond motifs is 19. The molecule has 0 radical (unpaired) electrons. The predicted molar refractivity (Wildman–Crippen MR) is 263 cm³/mol. The van der Waals surface area contributed by atoms with Crippen molar-refractivity contribution in [3.05, 3.63) is 247 Å². The lowest BCUT2D eigenvalue weighted by Crippen LogP contribution is -2.26. The molecule has 2 aliphatic rings. The van der Waals surface area contributed by atoms with Crippen LogP contribution in [0.2, 0.25) is 0 Å². The molecule has 2 heteroatoms. The molecule has 0 saturated heterocycles. The Morgan fingerprint density at radius 1 is 0.317 bits per heavy atom. The maximum atomic E-state index is 6.63. The molecule has 14 rings (SSSR count). The summed E-state index contributed by atoms with van der Waals surface area (Å²) in [5.74, 6) is 0. The van der Waals surface area contributed by atoms with Gasteiger partial charge in [-0.3, -0.25) is 0 Å². The Morgan fingerprint density at radius 3 is 1.48 bits per heavy atom. The summed E-state index contributed by atoms with van der Waals surface area (Å²) in [5, 5.41) is 9.72. The van der Waals surface area contributed by atoms with Crippen molar-refractivity contribution in [1.82, 2.24) is 0 Å². The standard InChI is InChI=1S/C61H37NO/c1-2-19-44-42(18-1)43-20-3-4-25-50(43)59-51(44)27-15-32-57(59)62(39-17-13-16-38(36-39)41-26-14-28-52-49-24-8-12-33-58(49)63-60(41)52)40-34-35-48-47-23-7-11-31-55(47)61(56(48)37-40)53-29-9-5-21-45(53)46-22-6-10-30-54(46)61/h1-37H. The number of anilines is 3. The summed E-state index contributed by atoms with van der Waals surface area (Å²) in [6, 6.07) is 82.9. The van der Waals surface area contributed by atoms with Crippen molar-refractivity contribution in [2.45, 2.75) is 5.41 Å². The fraction of sp³-hybridized carbons (Fsp3) is 0.0164. The highest BCUT2D eigenvalue weighted by Crippen LogP contribution is 2.63. The fourth-order valence-electron chi connectivity index (χ4n) is 11.6. The van der Waals surface area contributed by atoms with Crippen molar-refractivity contribution in [1.29, 1.82) is 0 Å². The number of hydrogen-bond donors (Lipinski definition) is 0. The molecule has 0 atom stereocenters. The SMILES string of the molecule is c1cc(-c2cccc3c2oc2ccccc23)cc(N(c2ccc3c(c2)C2(c4ccccc4-c4ccccc42)c2ccccc2-3)c2cccc3c4ccccc4c4ccccc4c23)c1. The minimum Gasteiger partial charge on any atom is -0.455 e. The highest BCUT2D eigenvalue weighted by Gasteiger charge is 2.51. The van der Waals surface area contributed by atoms with Crippen LogP contribution < -0.4 is 4.90 Å². The summed E-state index contributed by atoms with van der Waals surface area (Å²) >= 11 is 0. The molecule has 0 aliphatic heterocycles. The third-order valence-corrected chi connectivity index (χ3v) is 14.0. The van der Waals surface area contributed by atoms with Crippen molar-refractivity contribution in [2.24, 2.45) is 0 Å². The van der Waals surface area contributed by atoms with Crippen LogP contribution in [0.1, 0.15) is 22.3 Å². The quantitative estimate of drug-likeness (QED) is 0.165. The maximum Gasteiger partial charge on any atom is 0.143 e. The molecule has 0 amide bonds. The Kier molecular flexibility index (Phi) is 7.07. The van der Waals surface area contributed by atoms with Gasteiger partial charge in [-0.1, -0.05) is 188 Å². The molecular formula is C61H37NO. The molecule has 1 heterocycles. The van der Waals surface area contributed by atoms with Crippen LogP contribution in [0.4, 0.5) is 17.1 Å². The van der Waals surface area contributed by atoms with E-state index in [4.69, 9.17) is 4.42 Å². The number of hydrogen-bond acceptors (Lipinski definition) is 2. The highest BCUT2D eigenvalue weighted by atomic mass is 16.3. The number of benzene rings is 11. The van der Waals surface area contributed by atoms with Crippen LogP contribution in [0.15, 0.2) is 229 Å². The smallest absolute Gasteiger partial charge is 0.143 e. The molecule has 2 aliphatic carbocycles. The summed E-state index contributed by atoms with van der Waals surface area (Å²) in [4.78, 5) is 2.51. The first-order chi connectivity index (χ1) is 31.3. The third-order valence-electron chi connectivity index (χ3n) is 14.0. The number of rotatable bonds is 4. The van der Waals surface area contributed by atoms with Gasteiger partial charge >= 0.3 is 0 Å². The van der Waals surface area contributed by atoms with Gasteiger partial charge in [-0.2, -0.15) is 0 Å². The van der Waals surface area contributed by atoms with Gasteiger partial charge in [0.15, 0.2) is 0 Å². The molecule has 0 bridgehead atoms. The lowest BCUT2D eigenvalue weighted by Gasteiger charge is -2.32. The molecule has 0 unspecified atom stereocenters. The van der Waals surface area contributed by atoms with E-state index in [2.05, 4.69) is 223 Å². The minimum absolute atomic E-state index is 0.471. The highest BCUT2D eigenvalue weighted by molar-refractivity contribution is 6.29. The minimum atomic E-state index is -0.471. The number of para-hydroxylation sites is 2. The van der Waals surface area contributed by atoms with Crippen LogP contribution in [-0.4, -0.2) is 0 Å². The van der Waals surface area contributed by atoms with Crippen LogP contribution in [0.5, 0.6) is 0 Å². The van der Waals surface area contributed by atoms with E-state index in [-0.39, 0.29) is 0 Å². The first-order valence-electron chi connectivity index (χ1n) is 21.8. The van der Waals surface area contributed by atoms with E-state index in [9.17, 15) is 0 Å². The van der Waals surface area contributed by atoms with Crippen LogP contribution in [0.3, 0.4) is 0 Å². The summed E-state index contributed by atoms with van der Waals surface area (Å²) < 4.78 is 6.63. The molecule has 2 nitrogen and oxygen atoms in total. The van der Waals surface area contributed by atoms with E-state index in [0.717, 1.165) is 50.1 Å². The van der Waals surface area contributed by atoms with Gasteiger partial charge in [0.25, 0.3) is 0 Å². The van der Waals surface area contributed by atoms with Gasteiger partial charge in [0.1, 0.15) is 11.2 Å². The maximum absolute atomic E-state index is 6.63. The van der Waals surface area contributed by atoms with Gasteiger partial charge in [-0.05, 0) is 113 Å². The zero-order valence-corrected chi connectivity index (χ0v) is 34.2. The molecule has 0 N–H and O–H groups in total. The van der Waals surface area contributed by atoms with Crippen molar-refractivity contribution in [2.75, 3.05) is 4.90 Å². The van der Waals surface area contributed by atoms with E-state index in [1.54, 1.807) is 0 Å². The molecule has 12 aromatic rings. The average molecular weight is 800 g/mol. The first kappa shape index (κ1) is 34.5. The largest absolute Gasteiger partial charge is 0.455 e. The summed E-state index contributed by atoms with van der Waals surface area (Å²) in [6.07, 6.45) is 0. The second-order valence-corrected chi connectivity index (χ2v) is 17.1. The van der Waals surface area contributed by atoms with Gasteiger partial charge in [0, 0.05) is 33.1 Å². The van der Waals surface area contributed by atoms with E-state index in [1.165, 1.54) is 76.8 Å². The Hall–Kier alpha value is -8.20. The lowest BCUT2D eigenvalue weighted by molar-refractivity contribution is 0.670. The third kappa shape index (κ3) is 4.62. The van der Waals surface area contributed by atoms with Crippen molar-refractivity contribution in [3.8, 4) is 33.4 Å². The monoisotopic (exact) mass is 799 g/mol. The number of nitrogens with zero attached hydrogens (tertiary/aromatic N) is 1. The summed E-state index contributed by atoms with van der Waals surface area (Å²) in [6.45, 7) is 0. The zero-order chi connectivity index (χ0) is 41.2. The van der Waals surface area contributed by atoms with Crippen LogP contribution in [-0.2, 0) is 5.41 Å². The fourth-order valence-corrected chi connectivity index (χ4v) is 11.6. The normalized spacial score (nSPS) is 13.2. The molecular weight excluding hydrogens is 763 g/mol. The average Bonchev–Trinajstić information content (AvgIpc) is 3.98. The molecule has 292 valence electrons. The lowest BCUT2D eigenvalue weighted by atomic mass is 9.70. The van der Waals surface area contributed by atoms with Crippen molar-refractivity contribution in [3.63, 3.8) is 0 Å². The van der Waals surface area contributed by atoms with Crippen molar-refractivity contribution < 1.29 is 4.42 Å². The van der Waals surface area contributed by atoms with Crippen LogP contribution in [0.25, 0.3) is 87.6 Å². The molecule has 63 heavy (non-hydrogen) atoms. The molecule has 11 aromatic carbocycles. The molecule has 0 saturated carbocycles. The second-order valence-electron chi connectivity index (χ2n) is 17.1. The Morgan fingerprint density at radius 2 is 0.794 bits per heavy atom. The van der Waals surface area contributed by atoms with E-state index in [0.29, 0.717) is 0 Å². The molecule has 1 spiro atoms. The Bertz CT molecular complexity index is 3780. The topological polar surface area (TPSA) is 16.4 Å². The first-order valence-corrected chi connectivity index (χ1v) is 21.8. The van der Waals surface area contributed by atoms with E-state index < -0.39 is 5.41 Å². The van der Waals surface area contributed by atoms with Crippen LogP contribution in [0, 0.1) is 0 Å². The van der Waals surface area contributed by atoms with Crippen LogP contribution >= 0.6 is 0 Å². The van der Waals surface area contributed by atoms with E-state index in [1.807, 2.05) is 6.07 Å². The van der Waals surface area contributed by atoms with Gasteiger partial charge in [-0.25, -0.2) is 0 Å². The predicted octanol–water partition coefficient (Wildman–Crippen LogP) is 16.5. The van der Waals surface area contributed by atoms with Gasteiger partial charge in [0.2, 0.25) is 0 Å².